The Balaban J connectivity index is 0.00000289. The predicted molar refractivity (Wildman–Crippen MR) is 78.0 cm³/mol. The van der Waals surface area contributed by atoms with Crippen LogP contribution in [0.4, 0.5) is 0 Å². The molecule has 0 radical (unpaired) electrons. The van der Waals surface area contributed by atoms with Crippen LogP contribution in [0.5, 0.6) is 5.75 Å². The Kier molecular flexibility index (Phi) is 8.81. The summed E-state index contributed by atoms with van der Waals surface area (Å²) in [5.74, 6) is 1.01. The molecule has 3 nitrogen and oxygen atoms in total. The number of ether oxygens (including phenoxy) is 2. The van der Waals surface area contributed by atoms with E-state index < -0.39 is 0 Å². The molecule has 0 aliphatic carbocycles. The van der Waals surface area contributed by atoms with Crippen molar-refractivity contribution >= 4 is 12.4 Å². The summed E-state index contributed by atoms with van der Waals surface area (Å²) in [4.78, 5) is 0. The van der Waals surface area contributed by atoms with Crippen LogP contribution < -0.4 is 10.1 Å². The lowest BCUT2D eigenvalue weighted by molar-refractivity contribution is 0.189. The zero-order chi connectivity index (χ0) is 12.7. The summed E-state index contributed by atoms with van der Waals surface area (Å²) in [7, 11) is 1.71. The third-order valence-corrected chi connectivity index (χ3v) is 2.69. The fourth-order valence-electron chi connectivity index (χ4n) is 1.70. The standard InChI is InChI=1S/C14H23NO2.ClH/c1-11-6-5-7-12(2)14(11)17-10-13(3)15-8-9-16-4;/h5-7,13,15H,8-10H2,1-4H3;1H. The van der Waals surface area contributed by atoms with Gasteiger partial charge in [-0.15, -0.1) is 12.4 Å². The van der Waals surface area contributed by atoms with Crippen LogP contribution >= 0.6 is 12.4 Å². The number of benzene rings is 1. The molecule has 1 atom stereocenters. The Morgan fingerprint density at radius 1 is 1.22 bits per heavy atom. The molecular formula is C14H24ClNO2. The van der Waals surface area contributed by atoms with Gasteiger partial charge in [0.25, 0.3) is 0 Å². The van der Waals surface area contributed by atoms with Gasteiger partial charge in [-0.1, -0.05) is 18.2 Å². The van der Waals surface area contributed by atoms with Gasteiger partial charge in [-0.25, -0.2) is 0 Å². The van der Waals surface area contributed by atoms with Gasteiger partial charge in [-0.3, -0.25) is 0 Å². The van der Waals surface area contributed by atoms with E-state index in [1.54, 1.807) is 7.11 Å². The molecule has 0 amide bonds. The summed E-state index contributed by atoms with van der Waals surface area (Å²) < 4.78 is 10.8. The van der Waals surface area contributed by atoms with Crippen LogP contribution in [0.2, 0.25) is 0 Å². The van der Waals surface area contributed by atoms with Gasteiger partial charge in [-0.05, 0) is 31.9 Å². The summed E-state index contributed by atoms with van der Waals surface area (Å²) in [6.07, 6.45) is 0. The second-order valence-electron chi connectivity index (χ2n) is 4.38. The van der Waals surface area contributed by atoms with E-state index in [-0.39, 0.29) is 12.4 Å². The molecule has 0 spiro atoms. The molecule has 0 aliphatic rings. The number of halogens is 1. The molecular weight excluding hydrogens is 250 g/mol. The predicted octanol–water partition coefficient (Wildman–Crippen LogP) is 2.73. The highest BCUT2D eigenvalue weighted by Crippen LogP contribution is 2.22. The first kappa shape index (κ1) is 17.2. The molecule has 4 heteroatoms. The van der Waals surface area contributed by atoms with Crippen LogP contribution in [0.3, 0.4) is 0 Å². The van der Waals surface area contributed by atoms with Gasteiger partial charge >= 0.3 is 0 Å². The molecule has 0 bridgehead atoms. The van der Waals surface area contributed by atoms with Crippen molar-refractivity contribution in [3.8, 4) is 5.75 Å². The summed E-state index contributed by atoms with van der Waals surface area (Å²) >= 11 is 0. The quantitative estimate of drug-likeness (QED) is 0.775. The summed E-state index contributed by atoms with van der Waals surface area (Å²) in [6.45, 7) is 8.52. The first-order valence-electron chi connectivity index (χ1n) is 6.06. The van der Waals surface area contributed by atoms with E-state index in [9.17, 15) is 0 Å². The molecule has 104 valence electrons. The largest absolute Gasteiger partial charge is 0.491 e. The minimum atomic E-state index is 0. The lowest BCUT2D eigenvalue weighted by Crippen LogP contribution is -2.34. The second kappa shape index (κ2) is 9.20. The highest BCUT2D eigenvalue weighted by Gasteiger charge is 2.06. The average Bonchev–Trinajstić information content (AvgIpc) is 2.29. The van der Waals surface area contributed by atoms with E-state index in [1.165, 1.54) is 11.1 Å². The van der Waals surface area contributed by atoms with Crippen molar-refractivity contribution in [2.45, 2.75) is 26.8 Å². The van der Waals surface area contributed by atoms with Gasteiger partial charge in [0, 0.05) is 19.7 Å². The average molecular weight is 274 g/mol. The van der Waals surface area contributed by atoms with Crippen LogP contribution in [-0.2, 0) is 4.74 Å². The molecule has 0 saturated carbocycles. The van der Waals surface area contributed by atoms with Gasteiger partial charge in [-0.2, -0.15) is 0 Å². The first-order chi connectivity index (χ1) is 8.15. The number of methoxy groups -OCH3 is 1. The zero-order valence-corrected chi connectivity index (χ0v) is 12.5. The van der Waals surface area contributed by atoms with Gasteiger partial charge in [0.15, 0.2) is 0 Å². The molecule has 0 aromatic heterocycles. The van der Waals surface area contributed by atoms with Gasteiger partial charge in [0.1, 0.15) is 12.4 Å². The van der Waals surface area contributed by atoms with Crippen molar-refractivity contribution in [2.24, 2.45) is 0 Å². The van der Waals surface area contributed by atoms with Crippen LogP contribution in [-0.4, -0.2) is 32.9 Å². The minimum absolute atomic E-state index is 0. The minimum Gasteiger partial charge on any atom is -0.491 e. The lowest BCUT2D eigenvalue weighted by atomic mass is 10.1. The second-order valence-corrected chi connectivity index (χ2v) is 4.38. The molecule has 1 rings (SSSR count). The number of hydrogen-bond donors (Lipinski definition) is 1. The molecule has 18 heavy (non-hydrogen) atoms. The first-order valence-corrected chi connectivity index (χ1v) is 6.06. The Bertz CT molecular complexity index is 324. The van der Waals surface area contributed by atoms with Gasteiger partial charge in [0.05, 0.1) is 6.61 Å². The molecule has 1 unspecified atom stereocenters. The molecule has 1 aromatic rings. The van der Waals surface area contributed by atoms with Crippen molar-refractivity contribution < 1.29 is 9.47 Å². The van der Waals surface area contributed by atoms with Crippen LogP contribution in [0.1, 0.15) is 18.1 Å². The third kappa shape index (κ3) is 5.71. The van der Waals surface area contributed by atoms with E-state index in [0.29, 0.717) is 12.6 Å². The monoisotopic (exact) mass is 273 g/mol. The topological polar surface area (TPSA) is 30.5 Å². The number of hydrogen-bond acceptors (Lipinski definition) is 3. The fraction of sp³-hybridized carbons (Fsp3) is 0.571. The third-order valence-electron chi connectivity index (χ3n) is 2.69. The number of aryl methyl sites for hydroxylation is 2. The number of para-hydroxylation sites is 1. The zero-order valence-electron chi connectivity index (χ0n) is 11.7. The van der Waals surface area contributed by atoms with Gasteiger partial charge < -0.3 is 14.8 Å². The number of rotatable bonds is 7. The summed E-state index contributed by atoms with van der Waals surface area (Å²) in [5, 5.41) is 3.34. The fourth-order valence-corrected chi connectivity index (χ4v) is 1.70. The van der Waals surface area contributed by atoms with E-state index >= 15 is 0 Å². The van der Waals surface area contributed by atoms with Crippen LogP contribution in [0, 0.1) is 13.8 Å². The van der Waals surface area contributed by atoms with E-state index in [4.69, 9.17) is 9.47 Å². The van der Waals surface area contributed by atoms with Crippen molar-refractivity contribution in [3.63, 3.8) is 0 Å². The molecule has 0 fully saturated rings. The van der Waals surface area contributed by atoms with Crippen molar-refractivity contribution in [2.75, 3.05) is 26.9 Å². The summed E-state index contributed by atoms with van der Waals surface area (Å²) in [6, 6.07) is 6.53. The van der Waals surface area contributed by atoms with E-state index in [1.807, 2.05) is 0 Å². The maximum Gasteiger partial charge on any atom is 0.125 e. The molecule has 1 N–H and O–H groups in total. The Morgan fingerprint density at radius 3 is 2.39 bits per heavy atom. The SMILES string of the molecule is COCCNC(C)COc1c(C)cccc1C.Cl. The molecule has 0 saturated heterocycles. The highest BCUT2D eigenvalue weighted by atomic mass is 35.5. The smallest absolute Gasteiger partial charge is 0.125 e. The van der Waals surface area contributed by atoms with Crippen molar-refractivity contribution in [3.05, 3.63) is 29.3 Å². The van der Waals surface area contributed by atoms with Crippen molar-refractivity contribution in [1.29, 1.82) is 0 Å². The maximum absolute atomic E-state index is 5.86. The van der Waals surface area contributed by atoms with E-state index in [0.717, 1.165) is 18.9 Å². The highest BCUT2D eigenvalue weighted by molar-refractivity contribution is 5.85. The normalized spacial score (nSPS) is 11.8. The molecule has 0 heterocycles. The lowest BCUT2D eigenvalue weighted by Gasteiger charge is -2.17. The van der Waals surface area contributed by atoms with Crippen LogP contribution in [0.15, 0.2) is 18.2 Å². The van der Waals surface area contributed by atoms with Gasteiger partial charge in [0.2, 0.25) is 0 Å². The number of nitrogens with one attached hydrogen (secondary N) is 1. The van der Waals surface area contributed by atoms with E-state index in [2.05, 4.69) is 44.3 Å². The van der Waals surface area contributed by atoms with Crippen LogP contribution in [0.25, 0.3) is 0 Å². The summed E-state index contributed by atoms with van der Waals surface area (Å²) in [5.41, 5.74) is 2.38. The maximum atomic E-state index is 5.86. The molecule has 1 aromatic carbocycles. The Morgan fingerprint density at radius 2 is 1.83 bits per heavy atom. The van der Waals surface area contributed by atoms with Crippen molar-refractivity contribution in [1.82, 2.24) is 5.32 Å². The Hall–Kier alpha value is -0.770. The molecule has 0 aliphatic heterocycles. The Labute approximate surface area is 116 Å².